The lowest BCUT2D eigenvalue weighted by Crippen LogP contribution is -2.48. The topological polar surface area (TPSA) is 51.7 Å². The summed E-state index contributed by atoms with van der Waals surface area (Å²) in [5, 5.41) is 0.393. The van der Waals surface area contributed by atoms with Crippen molar-refractivity contribution in [1.29, 1.82) is 0 Å². The summed E-state index contributed by atoms with van der Waals surface area (Å²) in [5.74, 6) is 1.63. The van der Waals surface area contributed by atoms with Crippen LogP contribution in [-0.4, -0.2) is 35.5 Å². The van der Waals surface area contributed by atoms with Crippen molar-refractivity contribution in [2.45, 2.75) is 44.1 Å². The molecule has 6 heteroatoms. The number of carbonyl (C=O) groups is 1. The molecule has 28 heavy (non-hydrogen) atoms. The summed E-state index contributed by atoms with van der Waals surface area (Å²) in [6.07, 6.45) is 6.13. The molecule has 1 amide bonds. The minimum Gasteiger partial charge on any atom is -0.486 e. The second kappa shape index (κ2) is 6.66. The molecule has 2 aliphatic heterocycles. The minimum atomic E-state index is -0.0415. The fraction of sp³-hybridized carbons (Fsp3) is 0.455. The summed E-state index contributed by atoms with van der Waals surface area (Å²) >= 11 is 5.90. The number of ether oxygens (including phenoxy) is 2. The lowest BCUT2D eigenvalue weighted by molar-refractivity contribution is 0.0592. The standard InChI is InChI=1S/C22H23ClN2O3/c1-14-16-10-18-19(28-9-8-27-18)11-17(16)22(6-2-3-7-22)13-25(14)21(26)15-4-5-20(23)24-12-15/h4-5,10-12,14H,2-3,6-9,13H2,1H3. The van der Waals surface area contributed by atoms with Crippen LogP contribution in [0.1, 0.15) is 60.1 Å². The van der Waals surface area contributed by atoms with Gasteiger partial charge in [0, 0.05) is 18.2 Å². The van der Waals surface area contributed by atoms with E-state index in [-0.39, 0.29) is 17.4 Å². The molecule has 0 radical (unpaired) electrons. The first-order chi connectivity index (χ1) is 13.6. The highest BCUT2D eigenvalue weighted by molar-refractivity contribution is 6.29. The Hall–Kier alpha value is -2.27. The van der Waals surface area contributed by atoms with Gasteiger partial charge in [-0.3, -0.25) is 4.79 Å². The van der Waals surface area contributed by atoms with E-state index in [0.717, 1.165) is 30.9 Å². The van der Waals surface area contributed by atoms with Crippen LogP contribution in [-0.2, 0) is 5.41 Å². The molecule has 0 saturated heterocycles. The maximum absolute atomic E-state index is 13.3. The zero-order chi connectivity index (χ0) is 19.3. The number of hydrogen-bond acceptors (Lipinski definition) is 4. The number of rotatable bonds is 1. The van der Waals surface area contributed by atoms with Gasteiger partial charge in [0.05, 0.1) is 11.6 Å². The zero-order valence-corrected chi connectivity index (χ0v) is 16.7. The normalized spacial score (nSPS) is 22.2. The number of pyridine rings is 1. The summed E-state index contributed by atoms with van der Waals surface area (Å²) < 4.78 is 11.7. The van der Waals surface area contributed by atoms with E-state index in [4.69, 9.17) is 21.1 Å². The first-order valence-electron chi connectivity index (χ1n) is 9.94. The van der Waals surface area contributed by atoms with Crippen molar-refractivity contribution < 1.29 is 14.3 Å². The summed E-state index contributed by atoms with van der Waals surface area (Å²) in [7, 11) is 0. The summed E-state index contributed by atoms with van der Waals surface area (Å²) in [6, 6.07) is 7.65. The van der Waals surface area contributed by atoms with E-state index in [9.17, 15) is 4.79 Å². The monoisotopic (exact) mass is 398 g/mol. The van der Waals surface area contributed by atoms with Crippen molar-refractivity contribution >= 4 is 17.5 Å². The van der Waals surface area contributed by atoms with Gasteiger partial charge in [-0.15, -0.1) is 0 Å². The molecule has 3 heterocycles. The molecule has 2 aromatic rings. The first kappa shape index (κ1) is 17.8. The molecular formula is C22H23ClN2O3. The van der Waals surface area contributed by atoms with Gasteiger partial charge < -0.3 is 14.4 Å². The van der Waals surface area contributed by atoms with Crippen molar-refractivity contribution in [1.82, 2.24) is 9.88 Å². The molecule has 5 nitrogen and oxygen atoms in total. The minimum absolute atomic E-state index is 0.00322. The molecule has 1 fully saturated rings. The van der Waals surface area contributed by atoms with E-state index in [1.807, 2.05) is 4.90 Å². The van der Waals surface area contributed by atoms with Crippen LogP contribution in [0.2, 0.25) is 5.15 Å². The average Bonchev–Trinajstić information content (AvgIpc) is 3.19. The highest BCUT2D eigenvalue weighted by Gasteiger charge is 2.46. The number of nitrogens with zero attached hydrogens (tertiary/aromatic N) is 2. The molecule has 1 unspecified atom stereocenters. The number of halogens is 1. The van der Waals surface area contributed by atoms with Gasteiger partial charge in [0.25, 0.3) is 5.91 Å². The molecule has 1 aromatic carbocycles. The van der Waals surface area contributed by atoms with Crippen LogP contribution >= 0.6 is 11.6 Å². The number of aromatic nitrogens is 1. The molecule has 1 atom stereocenters. The third-order valence-corrected chi connectivity index (χ3v) is 6.70. The van der Waals surface area contributed by atoms with E-state index in [0.29, 0.717) is 23.9 Å². The zero-order valence-electron chi connectivity index (χ0n) is 15.9. The van der Waals surface area contributed by atoms with E-state index in [1.165, 1.54) is 24.0 Å². The smallest absolute Gasteiger partial charge is 0.255 e. The predicted molar refractivity (Wildman–Crippen MR) is 106 cm³/mol. The third-order valence-electron chi connectivity index (χ3n) is 6.47. The van der Waals surface area contributed by atoms with E-state index in [2.05, 4.69) is 24.0 Å². The highest BCUT2D eigenvalue weighted by Crippen LogP contribution is 2.52. The third kappa shape index (κ3) is 2.75. The average molecular weight is 399 g/mol. The molecule has 1 saturated carbocycles. The maximum Gasteiger partial charge on any atom is 0.255 e. The molecular weight excluding hydrogens is 376 g/mol. The lowest BCUT2D eigenvalue weighted by atomic mass is 9.71. The number of hydrogen-bond donors (Lipinski definition) is 0. The largest absolute Gasteiger partial charge is 0.486 e. The molecule has 5 rings (SSSR count). The Labute approximate surface area is 169 Å². The van der Waals surface area contributed by atoms with Crippen molar-refractivity contribution in [3.05, 3.63) is 52.3 Å². The second-order valence-electron chi connectivity index (χ2n) is 8.05. The van der Waals surface area contributed by atoms with Gasteiger partial charge in [-0.1, -0.05) is 24.4 Å². The van der Waals surface area contributed by atoms with Gasteiger partial charge in [-0.25, -0.2) is 4.98 Å². The Balaban J connectivity index is 1.59. The predicted octanol–water partition coefficient (Wildman–Crippen LogP) is 4.54. The lowest BCUT2D eigenvalue weighted by Gasteiger charge is -2.46. The molecule has 0 N–H and O–H groups in total. The van der Waals surface area contributed by atoms with Crippen molar-refractivity contribution in [3.8, 4) is 11.5 Å². The quantitative estimate of drug-likeness (QED) is 0.662. The van der Waals surface area contributed by atoms with Crippen LogP contribution in [0.15, 0.2) is 30.5 Å². The van der Waals surface area contributed by atoms with Crippen LogP contribution in [0.5, 0.6) is 11.5 Å². The Morgan fingerprint density at radius 2 is 1.89 bits per heavy atom. The van der Waals surface area contributed by atoms with Crippen molar-refractivity contribution in [2.75, 3.05) is 19.8 Å². The number of amides is 1. The maximum atomic E-state index is 13.3. The fourth-order valence-electron chi connectivity index (χ4n) is 5.02. The van der Waals surface area contributed by atoms with Gasteiger partial charge in [-0.2, -0.15) is 0 Å². The molecule has 1 aliphatic carbocycles. The van der Waals surface area contributed by atoms with E-state index < -0.39 is 0 Å². The fourth-order valence-corrected chi connectivity index (χ4v) is 5.13. The van der Waals surface area contributed by atoms with Crippen LogP contribution in [0.4, 0.5) is 0 Å². The van der Waals surface area contributed by atoms with Crippen molar-refractivity contribution in [2.24, 2.45) is 0 Å². The van der Waals surface area contributed by atoms with Gasteiger partial charge in [-0.05, 0) is 55.2 Å². The SMILES string of the molecule is CC1c2cc3c(cc2C2(CCCC2)CN1C(=O)c1ccc(Cl)nc1)OCCO3. The van der Waals surface area contributed by atoms with Gasteiger partial charge in [0.1, 0.15) is 18.4 Å². The number of benzene rings is 1. The molecule has 0 bridgehead atoms. The summed E-state index contributed by atoms with van der Waals surface area (Å²) in [5.41, 5.74) is 3.07. The van der Waals surface area contributed by atoms with Crippen LogP contribution in [0, 0.1) is 0 Å². The van der Waals surface area contributed by atoms with Gasteiger partial charge >= 0.3 is 0 Å². The van der Waals surface area contributed by atoms with Crippen LogP contribution in [0.25, 0.3) is 0 Å². The second-order valence-corrected chi connectivity index (χ2v) is 8.44. The molecule has 1 spiro atoms. The van der Waals surface area contributed by atoms with Gasteiger partial charge in [0.2, 0.25) is 0 Å². The van der Waals surface area contributed by atoms with E-state index in [1.54, 1.807) is 18.3 Å². The highest BCUT2D eigenvalue weighted by atomic mass is 35.5. The Bertz CT molecular complexity index is 922. The first-order valence-corrected chi connectivity index (χ1v) is 10.3. The molecule has 146 valence electrons. The Morgan fingerprint density at radius 1 is 1.18 bits per heavy atom. The Kier molecular flexibility index (Phi) is 4.23. The van der Waals surface area contributed by atoms with Crippen molar-refractivity contribution in [3.63, 3.8) is 0 Å². The molecule has 1 aromatic heterocycles. The number of fused-ring (bicyclic) bond motifs is 3. The van der Waals surface area contributed by atoms with E-state index >= 15 is 0 Å². The Morgan fingerprint density at radius 3 is 2.57 bits per heavy atom. The summed E-state index contributed by atoms with van der Waals surface area (Å²) in [4.78, 5) is 19.4. The summed E-state index contributed by atoms with van der Waals surface area (Å²) in [6.45, 7) is 3.97. The molecule has 3 aliphatic rings. The van der Waals surface area contributed by atoms with Gasteiger partial charge in [0.15, 0.2) is 11.5 Å². The van der Waals surface area contributed by atoms with Crippen LogP contribution < -0.4 is 9.47 Å². The van der Waals surface area contributed by atoms with Crippen LogP contribution in [0.3, 0.4) is 0 Å². The number of carbonyl (C=O) groups excluding carboxylic acids is 1.